The van der Waals surface area contributed by atoms with Gasteiger partial charge in [0.05, 0.1) is 23.1 Å². The van der Waals surface area contributed by atoms with Crippen molar-refractivity contribution < 1.29 is 23.5 Å². The molecule has 0 radical (unpaired) electrons. The number of hydrogen-bond donors (Lipinski definition) is 1. The van der Waals surface area contributed by atoms with Crippen molar-refractivity contribution in [3.05, 3.63) is 41.8 Å². The number of aryl methyl sites for hydroxylation is 1. The quantitative estimate of drug-likeness (QED) is 0.362. The normalized spacial score (nSPS) is 14.0. The number of hydrogen-bond acceptors (Lipinski definition) is 8. The molecule has 0 spiro atoms. The second kappa shape index (κ2) is 9.99. The lowest BCUT2D eigenvalue weighted by Gasteiger charge is -2.42. The van der Waals surface area contributed by atoms with Crippen LogP contribution in [-0.2, 0) is 11.8 Å². The van der Waals surface area contributed by atoms with E-state index in [9.17, 15) is 14.0 Å². The van der Waals surface area contributed by atoms with Gasteiger partial charge >= 0.3 is 6.09 Å². The van der Waals surface area contributed by atoms with Crippen LogP contribution in [0.4, 0.5) is 20.6 Å². The van der Waals surface area contributed by atoms with Crippen LogP contribution >= 0.6 is 11.3 Å². The Morgan fingerprint density at radius 2 is 1.97 bits per heavy atom. The maximum absolute atomic E-state index is 14.5. The van der Waals surface area contributed by atoms with Crippen molar-refractivity contribution in [3.63, 3.8) is 0 Å². The van der Waals surface area contributed by atoms with Crippen molar-refractivity contribution in [2.75, 3.05) is 44.0 Å². The molecule has 1 fully saturated rings. The van der Waals surface area contributed by atoms with Crippen LogP contribution in [0.15, 0.2) is 30.5 Å². The summed E-state index contributed by atoms with van der Waals surface area (Å²) in [6, 6.07) is 6.57. The maximum Gasteiger partial charge on any atom is 0.410 e. The molecule has 2 aromatic carbocycles. The lowest BCUT2D eigenvalue weighted by molar-refractivity contribution is 0.0265. The van der Waals surface area contributed by atoms with Crippen molar-refractivity contribution in [2.24, 2.45) is 13.0 Å². The molecule has 2 amide bonds. The van der Waals surface area contributed by atoms with Gasteiger partial charge in [-0.1, -0.05) is 11.3 Å². The SMILES string of the molecule is COc1nc2c(C(=O)Nc3cc(F)c4nn(C)cc4c3)ccc(N3CC(CN(C)C(=O)OC(C)(C)C)C3)c2s1. The molecule has 206 valence electrons. The number of nitrogens with zero attached hydrogens (tertiary/aromatic N) is 5. The van der Waals surface area contributed by atoms with Crippen LogP contribution in [-0.4, -0.2) is 71.1 Å². The average molecular weight is 555 g/mol. The van der Waals surface area contributed by atoms with Crippen LogP contribution in [0.25, 0.3) is 21.1 Å². The van der Waals surface area contributed by atoms with Crippen molar-refractivity contribution in [1.82, 2.24) is 19.7 Å². The van der Waals surface area contributed by atoms with Gasteiger partial charge in [0.2, 0.25) is 0 Å². The standard InChI is InChI=1S/C27H31FN6O4S/c1-27(2,3)38-26(36)32(4)11-15-12-34(13-15)20-8-7-18(22-23(20)39-25(30-22)37-6)24(35)29-17-9-16-14-33(5)31-21(16)19(28)10-17/h7-10,14-15H,11-13H2,1-6H3,(H,29,35). The van der Waals surface area contributed by atoms with Crippen molar-refractivity contribution >= 4 is 55.8 Å². The fourth-order valence-corrected chi connectivity index (χ4v) is 5.61. The molecule has 2 aromatic heterocycles. The van der Waals surface area contributed by atoms with E-state index in [2.05, 4.69) is 20.3 Å². The van der Waals surface area contributed by atoms with Crippen LogP contribution < -0.4 is 15.0 Å². The van der Waals surface area contributed by atoms with Gasteiger partial charge in [-0.25, -0.2) is 14.2 Å². The highest BCUT2D eigenvalue weighted by atomic mass is 32.1. The van der Waals surface area contributed by atoms with E-state index in [0.29, 0.717) is 33.9 Å². The highest BCUT2D eigenvalue weighted by Gasteiger charge is 2.32. The Labute approximate surface area is 229 Å². The minimum absolute atomic E-state index is 0.247. The molecule has 0 aliphatic carbocycles. The summed E-state index contributed by atoms with van der Waals surface area (Å²) < 4.78 is 27.7. The molecule has 0 unspecified atom stereocenters. The largest absolute Gasteiger partial charge is 0.473 e. The number of thiazole rings is 1. The minimum Gasteiger partial charge on any atom is -0.473 e. The van der Waals surface area contributed by atoms with Gasteiger partial charge in [0.25, 0.3) is 11.1 Å². The van der Waals surface area contributed by atoms with Gasteiger partial charge < -0.3 is 24.6 Å². The first-order valence-electron chi connectivity index (χ1n) is 12.5. The Morgan fingerprint density at radius 1 is 1.23 bits per heavy atom. The molecule has 0 bridgehead atoms. The molecule has 0 saturated carbocycles. The first-order valence-corrected chi connectivity index (χ1v) is 13.3. The van der Waals surface area contributed by atoms with Gasteiger partial charge in [0.15, 0.2) is 5.82 Å². The highest BCUT2D eigenvalue weighted by Crippen LogP contribution is 2.40. The number of carbonyl (C=O) groups excluding carboxylic acids is 2. The van der Waals surface area contributed by atoms with Crippen LogP contribution in [0.1, 0.15) is 31.1 Å². The first-order chi connectivity index (χ1) is 18.4. The summed E-state index contributed by atoms with van der Waals surface area (Å²) in [5.74, 6) is -0.626. The van der Waals surface area contributed by atoms with Crippen molar-refractivity contribution in [1.29, 1.82) is 0 Å². The number of anilines is 2. The molecule has 3 heterocycles. The van der Waals surface area contributed by atoms with Gasteiger partial charge in [-0.15, -0.1) is 0 Å². The Hall–Kier alpha value is -3.93. The number of amides is 2. The third kappa shape index (κ3) is 5.47. The van der Waals surface area contributed by atoms with Gasteiger partial charge in [-0.3, -0.25) is 9.48 Å². The number of benzene rings is 2. The smallest absolute Gasteiger partial charge is 0.410 e. The lowest BCUT2D eigenvalue weighted by Crippen LogP contribution is -2.52. The zero-order chi connectivity index (χ0) is 28.1. The topological polar surface area (TPSA) is 102 Å². The van der Waals surface area contributed by atoms with E-state index in [1.54, 1.807) is 37.3 Å². The van der Waals surface area contributed by atoms with Gasteiger partial charge in [-0.2, -0.15) is 5.10 Å². The molecular weight excluding hydrogens is 523 g/mol. The van der Waals surface area contributed by atoms with E-state index in [1.807, 2.05) is 26.8 Å². The number of nitrogens with one attached hydrogen (secondary N) is 1. The molecule has 1 N–H and O–H groups in total. The molecule has 12 heteroatoms. The predicted octanol–water partition coefficient (Wildman–Crippen LogP) is 4.89. The van der Waals surface area contributed by atoms with Crippen LogP contribution in [0.5, 0.6) is 5.19 Å². The summed E-state index contributed by atoms with van der Waals surface area (Å²) >= 11 is 1.36. The Kier molecular flexibility index (Phi) is 6.83. The molecule has 39 heavy (non-hydrogen) atoms. The van der Waals surface area contributed by atoms with Gasteiger partial charge in [0.1, 0.15) is 16.6 Å². The summed E-state index contributed by atoms with van der Waals surface area (Å²) in [6.07, 6.45) is 1.35. The van der Waals surface area contributed by atoms with E-state index in [0.717, 1.165) is 23.5 Å². The van der Waals surface area contributed by atoms with Gasteiger partial charge in [0, 0.05) is 56.9 Å². The number of carbonyl (C=O) groups is 2. The summed E-state index contributed by atoms with van der Waals surface area (Å²) in [6.45, 7) is 7.62. The van der Waals surface area contributed by atoms with E-state index < -0.39 is 17.3 Å². The van der Waals surface area contributed by atoms with E-state index in [4.69, 9.17) is 9.47 Å². The molecule has 5 rings (SSSR count). The summed E-state index contributed by atoms with van der Waals surface area (Å²) in [5.41, 5.74) is 1.86. The highest BCUT2D eigenvalue weighted by molar-refractivity contribution is 7.21. The molecule has 1 aliphatic heterocycles. The van der Waals surface area contributed by atoms with Crippen LogP contribution in [0.2, 0.25) is 0 Å². The zero-order valence-electron chi connectivity index (χ0n) is 22.7. The second-order valence-electron chi connectivity index (χ2n) is 10.8. The van der Waals surface area contributed by atoms with E-state index in [1.165, 1.54) is 29.2 Å². The number of aromatic nitrogens is 3. The van der Waals surface area contributed by atoms with Crippen LogP contribution in [0, 0.1) is 11.7 Å². The monoisotopic (exact) mass is 554 g/mol. The number of ether oxygens (including phenoxy) is 2. The Morgan fingerprint density at radius 3 is 2.67 bits per heavy atom. The van der Waals surface area contributed by atoms with Crippen molar-refractivity contribution in [2.45, 2.75) is 26.4 Å². The average Bonchev–Trinajstić information content (AvgIpc) is 3.42. The summed E-state index contributed by atoms with van der Waals surface area (Å²) in [5, 5.41) is 7.93. The summed E-state index contributed by atoms with van der Waals surface area (Å²) in [7, 11) is 4.99. The van der Waals surface area contributed by atoms with E-state index in [-0.39, 0.29) is 17.5 Å². The van der Waals surface area contributed by atoms with Crippen molar-refractivity contribution in [3.8, 4) is 5.19 Å². The fraction of sp³-hybridized carbons (Fsp3) is 0.407. The molecule has 0 atom stereocenters. The molecule has 1 saturated heterocycles. The number of halogens is 1. The number of rotatable bonds is 6. The minimum atomic E-state index is -0.540. The molecule has 1 aliphatic rings. The fourth-order valence-electron chi connectivity index (χ4n) is 4.66. The first kappa shape index (κ1) is 26.7. The number of fused-ring (bicyclic) bond motifs is 2. The third-order valence-corrected chi connectivity index (χ3v) is 7.43. The maximum atomic E-state index is 14.5. The summed E-state index contributed by atoms with van der Waals surface area (Å²) in [4.78, 5) is 34.0. The molecule has 10 nitrogen and oxygen atoms in total. The lowest BCUT2D eigenvalue weighted by atomic mass is 9.98. The zero-order valence-corrected chi connectivity index (χ0v) is 23.6. The van der Waals surface area contributed by atoms with E-state index >= 15 is 0 Å². The Bertz CT molecular complexity index is 1570. The number of methoxy groups -OCH3 is 1. The van der Waals surface area contributed by atoms with Crippen LogP contribution in [0.3, 0.4) is 0 Å². The molecular formula is C27H31FN6O4S. The van der Waals surface area contributed by atoms with Gasteiger partial charge in [-0.05, 0) is 45.0 Å². The second-order valence-corrected chi connectivity index (χ2v) is 11.7. The predicted molar refractivity (Wildman–Crippen MR) is 149 cm³/mol. The third-order valence-electron chi connectivity index (χ3n) is 6.39. The Balaban J connectivity index is 1.33. The molecule has 4 aromatic rings.